The Morgan fingerprint density at radius 3 is 2.74 bits per heavy atom. The Balaban J connectivity index is 2.14. The molecule has 1 amide bonds. The lowest BCUT2D eigenvalue weighted by Gasteiger charge is -2.18. The molecule has 1 aromatic heterocycles. The van der Waals surface area contributed by atoms with Crippen molar-refractivity contribution in [2.45, 2.75) is 13.5 Å². The molecule has 19 heavy (non-hydrogen) atoms. The number of nitrogens with zero attached hydrogens (tertiary/aromatic N) is 2. The summed E-state index contributed by atoms with van der Waals surface area (Å²) in [4.78, 5) is 18.2. The van der Waals surface area contributed by atoms with Gasteiger partial charge in [-0.3, -0.25) is 9.78 Å². The number of amides is 1. The third kappa shape index (κ3) is 3.41. The number of carbonyl (C=O) groups excluding carboxylic acids is 1. The number of halogens is 1. The van der Waals surface area contributed by atoms with E-state index >= 15 is 0 Å². The predicted molar refractivity (Wildman–Crippen MR) is 78.9 cm³/mol. The van der Waals surface area contributed by atoms with Gasteiger partial charge in [0, 0.05) is 36.0 Å². The van der Waals surface area contributed by atoms with Crippen LogP contribution in [0.5, 0.6) is 0 Å². The van der Waals surface area contributed by atoms with Gasteiger partial charge in [0.1, 0.15) is 0 Å². The second-order valence-corrected chi connectivity index (χ2v) is 5.40. The number of hydrogen-bond donors (Lipinski definition) is 0. The molecule has 0 unspecified atom stereocenters. The Bertz CT molecular complexity index is 598. The quantitative estimate of drug-likeness (QED) is 0.868. The maximum atomic E-state index is 12.3. The lowest BCUT2D eigenvalue weighted by molar-refractivity contribution is 0.0784. The normalized spacial score (nSPS) is 10.3. The lowest BCUT2D eigenvalue weighted by atomic mass is 10.1. The molecular formula is C15H15BrN2O. The van der Waals surface area contributed by atoms with Gasteiger partial charge < -0.3 is 4.90 Å². The van der Waals surface area contributed by atoms with Crippen LogP contribution in [0.2, 0.25) is 0 Å². The van der Waals surface area contributed by atoms with Crippen LogP contribution < -0.4 is 0 Å². The van der Waals surface area contributed by atoms with E-state index in [0.717, 1.165) is 21.2 Å². The molecule has 0 fully saturated rings. The van der Waals surface area contributed by atoms with E-state index in [-0.39, 0.29) is 5.91 Å². The molecule has 0 aliphatic rings. The molecule has 0 spiro atoms. The number of pyridine rings is 1. The lowest BCUT2D eigenvalue weighted by Crippen LogP contribution is -2.26. The van der Waals surface area contributed by atoms with Crippen molar-refractivity contribution in [2.24, 2.45) is 0 Å². The van der Waals surface area contributed by atoms with E-state index in [1.807, 2.05) is 37.3 Å². The summed E-state index contributed by atoms with van der Waals surface area (Å²) in [5.74, 6) is 0.0260. The monoisotopic (exact) mass is 318 g/mol. The van der Waals surface area contributed by atoms with Crippen LogP contribution in [0.15, 0.2) is 47.2 Å². The van der Waals surface area contributed by atoms with Gasteiger partial charge in [0.2, 0.25) is 0 Å². The Hall–Kier alpha value is -1.68. The highest BCUT2D eigenvalue weighted by molar-refractivity contribution is 9.10. The smallest absolute Gasteiger partial charge is 0.254 e. The zero-order valence-electron chi connectivity index (χ0n) is 10.9. The summed E-state index contributed by atoms with van der Waals surface area (Å²) in [6, 6.07) is 9.59. The van der Waals surface area contributed by atoms with Gasteiger partial charge in [0.15, 0.2) is 0 Å². The summed E-state index contributed by atoms with van der Waals surface area (Å²) in [5, 5.41) is 0. The van der Waals surface area contributed by atoms with Crippen LogP contribution in [-0.4, -0.2) is 22.8 Å². The molecule has 1 aromatic carbocycles. The maximum Gasteiger partial charge on any atom is 0.254 e. The first-order chi connectivity index (χ1) is 9.08. The third-order valence-electron chi connectivity index (χ3n) is 2.90. The van der Waals surface area contributed by atoms with E-state index < -0.39 is 0 Å². The summed E-state index contributed by atoms with van der Waals surface area (Å²) in [6.45, 7) is 2.49. The van der Waals surface area contributed by atoms with Crippen molar-refractivity contribution in [3.05, 3.63) is 63.9 Å². The van der Waals surface area contributed by atoms with E-state index in [1.165, 1.54) is 0 Å². The van der Waals surface area contributed by atoms with Crippen LogP contribution in [0, 0.1) is 6.92 Å². The number of aryl methyl sites for hydroxylation is 1. The minimum Gasteiger partial charge on any atom is -0.337 e. The Kier molecular flexibility index (Phi) is 4.32. The van der Waals surface area contributed by atoms with Gasteiger partial charge >= 0.3 is 0 Å². The molecule has 0 aliphatic heterocycles. The van der Waals surface area contributed by atoms with Crippen molar-refractivity contribution >= 4 is 21.8 Å². The van der Waals surface area contributed by atoms with Crippen molar-refractivity contribution < 1.29 is 4.79 Å². The van der Waals surface area contributed by atoms with Gasteiger partial charge in [0.25, 0.3) is 5.91 Å². The van der Waals surface area contributed by atoms with E-state index in [1.54, 1.807) is 24.3 Å². The van der Waals surface area contributed by atoms with Crippen LogP contribution in [0.1, 0.15) is 21.5 Å². The highest BCUT2D eigenvalue weighted by Crippen LogP contribution is 2.14. The number of rotatable bonds is 3. The number of aromatic nitrogens is 1. The SMILES string of the molecule is Cc1ccccc1C(=O)N(C)Cc1cncc(Br)c1. The van der Waals surface area contributed by atoms with Gasteiger partial charge in [0.05, 0.1) is 0 Å². The molecule has 4 heteroatoms. The molecule has 0 saturated carbocycles. The van der Waals surface area contributed by atoms with E-state index in [0.29, 0.717) is 6.54 Å². The molecule has 98 valence electrons. The highest BCUT2D eigenvalue weighted by atomic mass is 79.9. The Morgan fingerprint density at radius 2 is 2.05 bits per heavy atom. The molecule has 1 heterocycles. The van der Waals surface area contributed by atoms with Crippen molar-refractivity contribution in [3.8, 4) is 0 Å². The largest absolute Gasteiger partial charge is 0.337 e. The van der Waals surface area contributed by atoms with E-state index in [2.05, 4.69) is 20.9 Å². The molecule has 0 aliphatic carbocycles. The summed E-state index contributed by atoms with van der Waals surface area (Å²) < 4.78 is 0.918. The third-order valence-corrected chi connectivity index (χ3v) is 3.34. The fraction of sp³-hybridized carbons (Fsp3) is 0.200. The molecule has 2 rings (SSSR count). The molecule has 0 N–H and O–H groups in total. The summed E-state index contributed by atoms with van der Waals surface area (Å²) in [7, 11) is 1.80. The molecule has 0 atom stereocenters. The van der Waals surface area contributed by atoms with Crippen LogP contribution >= 0.6 is 15.9 Å². The van der Waals surface area contributed by atoms with Crippen molar-refractivity contribution in [3.63, 3.8) is 0 Å². The van der Waals surface area contributed by atoms with Crippen molar-refractivity contribution in [2.75, 3.05) is 7.05 Å². The fourth-order valence-corrected chi connectivity index (χ4v) is 2.32. The Morgan fingerprint density at radius 1 is 1.32 bits per heavy atom. The summed E-state index contributed by atoms with van der Waals surface area (Å²) in [6.07, 6.45) is 3.50. The van der Waals surface area contributed by atoms with Crippen LogP contribution in [0.25, 0.3) is 0 Å². The van der Waals surface area contributed by atoms with Crippen LogP contribution in [-0.2, 0) is 6.54 Å². The molecule has 0 bridgehead atoms. The van der Waals surface area contributed by atoms with Crippen molar-refractivity contribution in [1.82, 2.24) is 9.88 Å². The van der Waals surface area contributed by atoms with E-state index in [4.69, 9.17) is 0 Å². The Labute approximate surface area is 121 Å². The second kappa shape index (κ2) is 5.97. The van der Waals surface area contributed by atoms with Gasteiger partial charge in [-0.1, -0.05) is 18.2 Å². The standard InChI is InChI=1S/C15H15BrN2O/c1-11-5-3-4-6-14(11)15(19)18(2)10-12-7-13(16)9-17-8-12/h3-9H,10H2,1-2H3. The molecule has 0 radical (unpaired) electrons. The topological polar surface area (TPSA) is 33.2 Å². The molecule has 2 aromatic rings. The average Bonchev–Trinajstić information content (AvgIpc) is 2.38. The number of benzene rings is 1. The fourth-order valence-electron chi connectivity index (χ4n) is 1.91. The summed E-state index contributed by atoms with van der Waals surface area (Å²) in [5.41, 5.74) is 2.73. The van der Waals surface area contributed by atoms with Gasteiger partial charge in [-0.05, 0) is 46.1 Å². The number of carbonyl (C=O) groups is 1. The minimum atomic E-state index is 0.0260. The first-order valence-corrected chi connectivity index (χ1v) is 6.78. The minimum absolute atomic E-state index is 0.0260. The molecular weight excluding hydrogens is 304 g/mol. The van der Waals surface area contributed by atoms with Gasteiger partial charge in [-0.15, -0.1) is 0 Å². The first-order valence-electron chi connectivity index (χ1n) is 5.98. The molecule has 3 nitrogen and oxygen atoms in total. The highest BCUT2D eigenvalue weighted by Gasteiger charge is 2.13. The second-order valence-electron chi connectivity index (χ2n) is 4.49. The van der Waals surface area contributed by atoms with Crippen LogP contribution in [0.4, 0.5) is 0 Å². The average molecular weight is 319 g/mol. The zero-order chi connectivity index (χ0) is 13.8. The molecule has 0 saturated heterocycles. The zero-order valence-corrected chi connectivity index (χ0v) is 12.5. The predicted octanol–water partition coefficient (Wildman–Crippen LogP) is 3.42. The number of hydrogen-bond acceptors (Lipinski definition) is 2. The van der Waals surface area contributed by atoms with E-state index in [9.17, 15) is 4.79 Å². The summed E-state index contributed by atoms with van der Waals surface area (Å²) >= 11 is 3.38. The van der Waals surface area contributed by atoms with Crippen molar-refractivity contribution in [1.29, 1.82) is 0 Å². The maximum absolute atomic E-state index is 12.3. The van der Waals surface area contributed by atoms with Gasteiger partial charge in [-0.2, -0.15) is 0 Å². The first kappa shape index (κ1) is 13.7. The van der Waals surface area contributed by atoms with Gasteiger partial charge in [-0.25, -0.2) is 0 Å². The van der Waals surface area contributed by atoms with Crippen LogP contribution in [0.3, 0.4) is 0 Å².